The van der Waals surface area contributed by atoms with Gasteiger partial charge in [0.1, 0.15) is 24.7 Å². The van der Waals surface area contributed by atoms with E-state index in [0.717, 1.165) is 5.69 Å². The Morgan fingerprint density at radius 2 is 1.89 bits per heavy atom. The van der Waals surface area contributed by atoms with Gasteiger partial charge in [-0.3, -0.25) is 4.79 Å². The van der Waals surface area contributed by atoms with E-state index in [1.54, 1.807) is 43.5 Å². The third kappa shape index (κ3) is 3.96. The molecule has 8 heteroatoms. The SMILES string of the molecule is COc1cccc(NC(=O)c2ccnc(Nc3ccc4c(c3)OCCO4)n2)c1. The number of fused-ring (bicyclic) bond motifs is 1. The van der Waals surface area contributed by atoms with E-state index in [1.165, 1.54) is 6.20 Å². The van der Waals surface area contributed by atoms with Crippen molar-refractivity contribution >= 4 is 23.2 Å². The molecule has 4 rings (SSSR count). The normalized spacial score (nSPS) is 12.2. The van der Waals surface area contributed by atoms with E-state index in [1.807, 2.05) is 12.1 Å². The number of carbonyl (C=O) groups is 1. The van der Waals surface area contributed by atoms with Crippen LogP contribution in [0.3, 0.4) is 0 Å². The zero-order valence-electron chi connectivity index (χ0n) is 15.1. The average molecular weight is 378 g/mol. The van der Waals surface area contributed by atoms with Crippen molar-refractivity contribution in [2.75, 3.05) is 31.0 Å². The quantitative estimate of drug-likeness (QED) is 0.704. The van der Waals surface area contributed by atoms with Crippen LogP contribution in [0.15, 0.2) is 54.7 Å². The molecule has 142 valence electrons. The number of nitrogens with zero attached hydrogens (tertiary/aromatic N) is 2. The number of ether oxygens (including phenoxy) is 3. The van der Waals surface area contributed by atoms with Crippen LogP contribution in [0.2, 0.25) is 0 Å². The number of benzene rings is 2. The minimum Gasteiger partial charge on any atom is -0.497 e. The smallest absolute Gasteiger partial charge is 0.274 e. The molecule has 0 atom stereocenters. The topological polar surface area (TPSA) is 94.6 Å². The monoisotopic (exact) mass is 378 g/mol. The lowest BCUT2D eigenvalue weighted by Crippen LogP contribution is -2.16. The first-order chi connectivity index (χ1) is 13.7. The highest BCUT2D eigenvalue weighted by atomic mass is 16.6. The van der Waals surface area contributed by atoms with Gasteiger partial charge in [0.2, 0.25) is 5.95 Å². The Balaban J connectivity index is 1.48. The summed E-state index contributed by atoms with van der Waals surface area (Å²) in [4.78, 5) is 21.0. The zero-order chi connectivity index (χ0) is 19.3. The van der Waals surface area contributed by atoms with Crippen LogP contribution >= 0.6 is 0 Å². The molecular weight excluding hydrogens is 360 g/mol. The van der Waals surface area contributed by atoms with Crippen LogP contribution in [-0.2, 0) is 0 Å². The predicted octanol–water partition coefficient (Wildman–Crippen LogP) is 3.25. The van der Waals surface area contributed by atoms with Crippen molar-refractivity contribution in [1.29, 1.82) is 0 Å². The fourth-order valence-electron chi connectivity index (χ4n) is 2.69. The Hall–Kier alpha value is -3.81. The van der Waals surface area contributed by atoms with Crippen LogP contribution in [0.4, 0.5) is 17.3 Å². The van der Waals surface area contributed by atoms with E-state index < -0.39 is 0 Å². The number of rotatable bonds is 5. The van der Waals surface area contributed by atoms with E-state index >= 15 is 0 Å². The third-order valence-electron chi connectivity index (χ3n) is 4.01. The molecule has 3 aromatic rings. The van der Waals surface area contributed by atoms with E-state index in [-0.39, 0.29) is 11.6 Å². The largest absolute Gasteiger partial charge is 0.497 e. The second-order valence-corrected chi connectivity index (χ2v) is 5.94. The number of carbonyl (C=O) groups excluding carboxylic acids is 1. The number of amides is 1. The fraction of sp³-hybridized carbons (Fsp3) is 0.150. The van der Waals surface area contributed by atoms with Crippen molar-refractivity contribution in [3.05, 3.63) is 60.4 Å². The summed E-state index contributed by atoms with van der Waals surface area (Å²) >= 11 is 0. The number of anilines is 3. The number of methoxy groups -OCH3 is 1. The molecule has 8 nitrogen and oxygen atoms in total. The first-order valence-electron chi connectivity index (χ1n) is 8.66. The maximum absolute atomic E-state index is 12.5. The maximum Gasteiger partial charge on any atom is 0.274 e. The van der Waals surface area contributed by atoms with Gasteiger partial charge in [-0.1, -0.05) is 6.07 Å². The van der Waals surface area contributed by atoms with Gasteiger partial charge in [0.15, 0.2) is 11.5 Å². The van der Waals surface area contributed by atoms with Gasteiger partial charge in [-0.05, 0) is 30.3 Å². The van der Waals surface area contributed by atoms with Gasteiger partial charge in [-0.2, -0.15) is 0 Å². The molecule has 1 aliphatic rings. The molecular formula is C20H18N4O4. The van der Waals surface area contributed by atoms with Crippen LogP contribution in [0, 0.1) is 0 Å². The lowest BCUT2D eigenvalue weighted by Gasteiger charge is -2.19. The zero-order valence-corrected chi connectivity index (χ0v) is 15.1. The lowest BCUT2D eigenvalue weighted by atomic mass is 10.2. The predicted molar refractivity (Wildman–Crippen MR) is 104 cm³/mol. The molecule has 0 aliphatic carbocycles. The number of hydrogen-bond donors (Lipinski definition) is 2. The Morgan fingerprint density at radius 3 is 2.75 bits per heavy atom. The van der Waals surface area contributed by atoms with Gasteiger partial charge in [0.05, 0.1) is 7.11 Å². The molecule has 2 heterocycles. The van der Waals surface area contributed by atoms with Crippen molar-refractivity contribution in [2.45, 2.75) is 0 Å². The molecule has 2 N–H and O–H groups in total. The van der Waals surface area contributed by atoms with Crippen molar-refractivity contribution < 1.29 is 19.0 Å². The fourth-order valence-corrected chi connectivity index (χ4v) is 2.69. The first kappa shape index (κ1) is 17.6. The minimum absolute atomic E-state index is 0.234. The van der Waals surface area contributed by atoms with Crippen molar-refractivity contribution in [1.82, 2.24) is 9.97 Å². The van der Waals surface area contributed by atoms with Crippen molar-refractivity contribution in [2.24, 2.45) is 0 Å². The Labute approximate surface area is 161 Å². The average Bonchev–Trinajstić information content (AvgIpc) is 2.74. The number of nitrogens with one attached hydrogen (secondary N) is 2. The summed E-state index contributed by atoms with van der Waals surface area (Å²) in [6.45, 7) is 1.04. The van der Waals surface area contributed by atoms with Crippen LogP contribution in [-0.4, -0.2) is 36.2 Å². The van der Waals surface area contributed by atoms with Crippen molar-refractivity contribution in [3.63, 3.8) is 0 Å². The summed E-state index contributed by atoms with van der Waals surface area (Å²) in [5.74, 6) is 1.96. The molecule has 0 bridgehead atoms. The molecule has 0 fully saturated rings. The second kappa shape index (κ2) is 7.83. The second-order valence-electron chi connectivity index (χ2n) is 5.94. The molecule has 0 unspecified atom stereocenters. The van der Waals surface area contributed by atoms with Gasteiger partial charge in [0.25, 0.3) is 5.91 Å². The highest BCUT2D eigenvalue weighted by molar-refractivity contribution is 6.03. The van der Waals surface area contributed by atoms with Gasteiger partial charge >= 0.3 is 0 Å². The van der Waals surface area contributed by atoms with E-state index in [0.29, 0.717) is 42.1 Å². The van der Waals surface area contributed by atoms with Crippen LogP contribution < -0.4 is 24.8 Å². The summed E-state index contributed by atoms with van der Waals surface area (Å²) in [6, 6.07) is 14.1. The van der Waals surface area contributed by atoms with Gasteiger partial charge in [-0.25, -0.2) is 9.97 Å². The van der Waals surface area contributed by atoms with Gasteiger partial charge in [-0.15, -0.1) is 0 Å². The standard InChI is InChI=1S/C20H18N4O4/c1-26-15-4-2-3-13(11-15)22-19(25)16-7-8-21-20(24-16)23-14-5-6-17-18(12-14)28-10-9-27-17/h2-8,11-12H,9-10H2,1H3,(H,22,25)(H,21,23,24). The summed E-state index contributed by atoms with van der Waals surface area (Å²) in [5.41, 5.74) is 1.58. The molecule has 1 aliphatic heterocycles. The molecule has 0 saturated carbocycles. The molecule has 1 aromatic heterocycles. The molecule has 28 heavy (non-hydrogen) atoms. The molecule has 1 amide bonds. The Bertz CT molecular complexity index is 1010. The summed E-state index contributed by atoms with van der Waals surface area (Å²) in [6.07, 6.45) is 1.52. The number of hydrogen-bond acceptors (Lipinski definition) is 7. The number of aromatic nitrogens is 2. The third-order valence-corrected chi connectivity index (χ3v) is 4.01. The molecule has 0 spiro atoms. The molecule has 0 saturated heterocycles. The lowest BCUT2D eigenvalue weighted by molar-refractivity contribution is 0.102. The minimum atomic E-state index is -0.346. The van der Waals surface area contributed by atoms with Crippen molar-refractivity contribution in [3.8, 4) is 17.2 Å². The van der Waals surface area contributed by atoms with E-state index in [4.69, 9.17) is 14.2 Å². The first-order valence-corrected chi connectivity index (χ1v) is 8.66. The Kier molecular flexibility index (Phi) is 4.92. The Morgan fingerprint density at radius 1 is 1.04 bits per heavy atom. The van der Waals surface area contributed by atoms with Crippen LogP contribution in [0.1, 0.15) is 10.5 Å². The summed E-state index contributed by atoms with van der Waals surface area (Å²) in [7, 11) is 1.57. The van der Waals surface area contributed by atoms with E-state index in [2.05, 4.69) is 20.6 Å². The summed E-state index contributed by atoms with van der Waals surface area (Å²) < 4.78 is 16.2. The molecule has 2 aromatic carbocycles. The van der Waals surface area contributed by atoms with Gasteiger partial charge in [0, 0.05) is 29.7 Å². The molecule has 0 radical (unpaired) electrons. The van der Waals surface area contributed by atoms with E-state index in [9.17, 15) is 4.79 Å². The van der Waals surface area contributed by atoms with Gasteiger partial charge < -0.3 is 24.8 Å². The van der Waals surface area contributed by atoms with Crippen LogP contribution in [0.25, 0.3) is 0 Å². The maximum atomic E-state index is 12.5. The summed E-state index contributed by atoms with van der Waals surface area (Å²) in [5, 5.41) is 5.87. The van der Waals surface area contributed by atoms with Crippen LogP contribution in [0.5, 0.6) is 17.2 Å². The highest BCUT2D eigenvalue weighted by Gasteiger charge is 2.13. The highest BCUT2D eigenvalue weighted by Crippen LogP contribution is 2.33.